The zero-order chi connectivity index (χ0) is 12.3. The Labute approximate surface area is 101 Å². The number of nitrogens with one attached hydrogen (secondary N) is 1. The summed E-state index contributed by atoms with van der Waals surface area (Å²) < 4.78 is 2.08. The average molecular weight is 238 g/mol. The molecule has 0 amide bonds. The molecule has 1 aliphatic heterocycles. The van der Waals surface area contributed by atoms with Gasteiger partial charge in [-0.05, 0) is 24.1 Å². The predicted octanol–water partition coefficient (Wildman–Crippen LogP) is 1.40. The topological polar surface area (TPSA) is 54.9 Å². The fourth-order valence-corrected chi connectivity index (χ4v) is 2.93. The maximum Gasteiger partial charge on any atom is 0.261 e. The van der Waals surface area contributed by atoms with Crippen molar-refractivity contribution in [3.63, 3.8) is 0 Å². The third kappa shape index (κ3) is 1.00. The SMILES string of the molecule is O=c1[nH]ccc2c1c(=O)c1cccc3c1n2CC3. The molecule has 4 rings (SSSR count). The average Bonchev–Trinajstić information content (AvgIpc) is 2.80. The van der Waals surface area contributed by atoms with Crippen LogP contribution in [0, 0.1) is 0 Å². The van der Waals surface area contributed by atoms with Crippen LogP contribution in [0.25, 0.3) is 21.8 Å². The Balaban J connectivity index is 2.47. The molecular formula is C14H10N2O2. The molecule has 0 unspecified atom stereocenters. The van der Waals surface area contributed by atoms with Crippen molar-refractivity contribution in [3.8, 4) is 0 Å². The Morgan fingerprint density at radius 3 is 2.94 bits per heavy atom. The van der Waals surface area contributed by atoms with Crippen molar-refractivity contribution in [2.45, 2.75) is 13.0 Å². The molecule has 3 aromatic rings. The monoisotopic (exact) mass is 238 g/mol. The fraction of sp³-hybridized carbons (Fsp3) is 0.143. The summed E-state index contributed by atoms with van der Waals surface area (Å²) in [6.45, 7) is 0.829. The minimum absolute atomic E-state index is 0.165. The number of rotatable bonds is 0. The van der Waals surface area contributed by atoms with E-state index in [4.69, 9.17) is 0 Å². The number of pyridine rings is 2. The van der Waals surface area contributed by atoms with E-state index in [2.05, 4.69) is 9.55 Å². The molecule has 0 radical (unpaired) electrons. The smallest absolute Gasteiger partial charge is 0.261 e. The van der Waals surface area contributed by atoms with Crippen molar-refractivity contribution in [3.05, 3.63) is 56.6 Å². The molecule has 1 aromatic carbocycles. The van der Waals surface area contributed by atoms with Gasteiger partial charge in [0, 0.05) is 18.1 Å². The second kappa shape index (κ2) is 3.10. The van der Waals surface area contributed by atoms with E-state index < -0.39 is 0 Å². The Bertz CT molecular complexity index is 919. The van der Waals surface area contributed by atoms with Crippen molar-refractivity contribution in [2.75, 3.05) is 0 Å². The zero-order valence-corrected chi connectivity index (χ0v) is 9.56. The van der Waals surface area contributed by atoms with Crippen molar-refractivity contribution in [1.29, 1.82) is 0 Å². The minimum atomic E-state index is -0.305. The number of fused-ring (bicyclic) bond motifs is 2. The fourth-order valence-electron chi connectivity index (χ4n) is 2.93. The molecule has 18 heavy (non-hydrogen) atoms. The first-order valence-electron chi connectivity index (χ1n) is 5.93. The largest absolute Gasteiger partial charge is 0.340 e. The molecular weight excluding hydrogens is 228 g/mol. The highest BCUT2D eigenvalue weighted by molar-refractivity contribution is 5.95. The Morgan fingerprint density at radius 1 is 1.17 bits per heavy atom. The van der Waals surface area contributed by atoms with Gasteiger partial charge < -0.3 is 9.55 Å². The van der Waals surface area contributed by atoms with Crippen LogP contribution >= 0.6 is 0 Å². The van der Waals surface area contributed by atoms with E-state index in [1.165, 1.54) is 5.56 Å². The Kier molecular flexibility index (Phi) is 1.66. The highest BCUT2D eigenvalue weighted by Gasteiger charge is 2.19. The normalized spacial score (nSPS) is 13.6. The minimum Gasteiger partial charge on any atom is -0.340 e. The van der Waals surface area contributed by atoms with Crippen LogP contribution in [-0.4, -0.2) is 9.55 Å². The van der Waals surface area contributed by atoms with Crippen LogP contribution in [-0.2, 0) is 13.0 Å². The molecule has 0 saturated carbocycles. The maximum atomic E-state index is 12.4. The first-order chi connectivity index (χ1) is 8.77. The summed E-state index contributed by atoms with van der Waals surface area (Å²) in [5.74, 6) is 0. The predicted molar refractivity (Wildman–Crippen MR) is 70.0 cm³/mol. The second-order valence-corrected chi connectivity index (χ2v) is 4.61. The number of aromatic nitrogens is 2. The number of H-pyrrole nitrogens is 1. The summed E-state index contributed by atoms with van der Waals surface area (Å²) in [6, 6.07) is 7.54. The number of nitrogens with zero attached hydrogens (tertiary/aromatic N) is 1. The lowest BCUT2D eigenvalue weighted by molar-refractivity contribution is 0.792. The highest BCUT2D eigenvalue weighted by atomic mass is 16.1. The molecule has 1 aliphatic rings. The number of aryl methyl sites for hydroxylation is 2. The van der Waals surface area contributed by atoms with Gasteiger partial charge >= 0.3 is 0 Å². The second-order valence-electron chi connectivity index (χ2n) is 4.61. The zero-order valence-electron chi connectivity index (χ0n) is 9.56. The first-order valence-corrected chi connectivity index (χ1v) is 5.93. The summed E-state index contributed by atoms with van der Waals surface area (Å²) in [6.07, 6.45) is 2.52. The van der Waals surface area contributed by atoms with Gasteiger partial charge in [-0.25, -0.2) is 0 Å². The lowest BCUT2D eigenvalue weighted by Crippen LogP contribution is -2.18. The van der Waals surface area contributed by atoms with E-state index in [1.54, 1.807) is 18.3 Å². The van der Waals surface area contributed by atoms with Crippen molar-refractivity contribution >= 4 is 21.8 Å². The van der Waals surface area contributed by atoms with E-state index in [0.717, 1.165) is 24.0 Å². The van der Waals surface area contributed by atoms with Crippen LogP contribution in [0.2, 0.25) is 0 Å². The molecule has 0 bridgehead atoms. The third-order valence-electron chi connectivity index (χ3n) is 3.70. The molecule has 0 aliphatic carbocycles. The molecule has 3 heterocycles. The highest BCUT2D eigenvalue weighted by Crippen LogP contribution is 2.26. The molecule has 2 aromatic heterocycles. The van der Waals surface area contributed by atoms with Gasteiger partial charge in [0.15, 0.2) is 0 Å². The van der Waals surface area contributed by atoms with Gasteiger partial charge in [-0.15, -0.1) is 0 Å². The van der Waals surface area contributed by atoms with E-state index in [1.807, 2.05) is 12.1 Å². The summed E-state index contributed by atoms with van der Waals surface area (Å²) in [5.41, 5.74) is 2.44. The molecule has 0 saturated heterocycles. The van der Waals surface area contributed by atoms with Crippen LogP contribution in [0.3, 0.4) is 0 Å². The number of hydrogen-bond donors (Lipinski definition) is 1. The number of para-hydroxylation sites is 1. The third-order valence-corrected chi connectivity index (χ3v) is 3.70. The van der Waals surface area contributed by atoms with Gasteiger partial charge in [0.1, 0.15) is 5.39 Å². The molecule has 0 spiro atoms. The quantitative estimate of drug-likeness (QED) is 0.602. The van der Waals surface area contributed by atoms with E-state index in [-0.39, 0.29) is 16.4 Å². The van der Waals surface area contributed by atoms with Crippen LogP contribution in [0.5, 0.6) is 0 Å². The summed E-state index contributed by atoms with van der Waals surface area (Å²) in [7, 11) is 0. The summed E-state index contributed by atoms with van der Waals surface area (Å²) in [5, 5.41) is 0.915. The van der Waals surface area contributed by atoms with Gasteiger partial charge in [0.05, 0.1) is 11.0 Å². The molecule has 4 nitrogen and oxygen atoms in total. The van der Waals surface area contributed by atoms with Crippen LogP contribution in [0.4, 0.5) is 0 Å². The van der Waals surface area contributed by atoms with Crippen molar-refractivity contribution in [2.24, 2.45) is 0 Å². The van der Waals surface area contributed by atoms with Gasteiger partial charge in [-0.3, -0.25) is 9.59 Å². The lowest BCUT2D eigenvalue weighted by Gasteiger charge is -2.08. The van der Waals surface area contributed by atoms with Crippen molar-refractivity contribution < 1.29 is 0 Å². The molecule has 0 atom stereocenters. The first kappa shape index (κ1) is 9.65. The Hall–Kier alpha value is -2.36. The molecule has 4 heteroatoms. The summed E-state index contributed by atoms with van der Waals surface area (Å²) in [4.78, 5) is 26.8. The van der Waals surface area contributed by atoms with E-state index in [0.29, 0.717) is 5.39 Å². The number of hydrogen-bond acceptors (Lipinski definition) is 2. The summed E-state index contributed by atoms with van der Waals surface area (Å²) >= 11 is 0. The Morgan fingerprint density at radius 2 is 2.06 bits per heavy atom. The lowest BCUT2D eigenvalue weighted by atomic mass is 10.1. The molecule has 88 valence electrons. The number of aromatic amines is 1. The van der Waals surface area contributed by atoms with E-state index in [9.17, 15) is 9.59 Å². The van der Waals surface area contributed by atoms with Gasteiger partial charge in [-0.2, -0.15) is 0 Å². The maximum absolute atomic E-state index is 12.4. The van der Waals surface area contributed by atoms with E-state index >= 15 is 0 Å². The van der Waals surface area contributed by atoms with Crippen LogP contribution < -0.4 is 11.0 Å². The van der Waals surface area contributed by atoms with Crippen molar-refractivity contribution in [1.82, 2.24) is 9.55 Å². The van der Waals surface area contributed by atoms with Gasteiger partial charge in [0.25, 0.3) is 5.56 Å². The van der Waals surface area contributed by atoms with Crippen LogP contribution in [0.1, 0.15) is 5.56 Å². The van der Waals surface area contributed by atoms with Crippen LogP contribution in [0.15, 0.2) is 40.1 Å². The molecule has 1 N–H and O–H groups in total. The van der Waals surface area contributed by atoms with Gasteiger partial charge in [0.2, 0.25) is 5.43 Å². The number of benzene rings is 1. The molecule has 0 fully saturated rings. The standard InChI is InChI=1S/C14H10N2O2/c17-13-9-3-1-2-8-5-7-16(12(8)9)10-4-6-15-14(18)11(10)13/h1-4,6H,5,7H2,(H,15,18). The van der Waals surface area contributed by atoms with Gasteiger partial charge in [-0.1, -0.05) is 12.1 Å².